The molecule has 0 bridgehead atoms. The molecule has 0 aliphatic carbocycles. The van der Waals surface area contributed by atoms with Crippen LogP contribution in [0.2, 0.25) is 0 Å². The second-order valence-electron chi connectivity index (χ2n) is 5.36. The number of carbonyl (C=O) groups is 2. The van der Waals surface area contributed by atoms with E-state index in [9.17, 15) is 9.59 Å². The van der Waals surface area contributed by atoms with E-state index in [1.807, 2.05) is 19.1 Å². The van der Waals surface area contributed by atoms with E-state index >= 15 is 0 Å². The maximum absolute atomic E-state index is 12.4. The minimum Gasteiger partial charge on any atom is -0.465 e. The van der Waals surface area contributed by atoms with Crippen molar-refractivity contribution in [2.45, 2.75) is 13.3 Å². The summed E-state index contributed by atoms with van der Waals surface area (Å²) in [6.45, 7) is 2.45. The highest BCUT2D eigenvalue weighted by Gasteiger charge is 2.24. The van der Waals surface area contributed by atoms with Crippen LogP contribution in [0.5, 0.6) is 0 Å². The molecule has 1 amide bonds. The number of methoxy groups -OCH3 is 1. The van der Waals surface area contributed by atoms with Crippen molar-refractivity contribution in [1.29, 1.82) is 0 Å². The van der Waals surface area contributed by atoms with Crippen LogP contribution in [0, 0.1) is 6.92 Å². The molecular weight excluding hydrogens is 294 g/mol. The first-order valence-corrected chi connectivity index (χ1v) is 7.36. The average molecular weight is 311 g/mol. The smallest absolute Gasteiger partial charge is 0.337 e. The van der Waals surface area contributed by atoms with Crippen LogP contribution in [0.1, 0.15) is 27.4 Å². The molecule has 5 nitrogen and oxygen atoms in total. The van der Waals surface area contributed by atoms with Crippen LogP contribution in [0.4, 0.5) is 5.69 Å². The molecule has 1 aromatic heterocycles. The average Bonchev–Trinajstić information content (AvgIpc) is 3.17. The van der Waals surface area contributed by atoms with Gasteiger partial charge in [0, 0.05) is 18.3 Å². The maximum Gasteiger partial charge on any atom is 0.337 e. The van der Waals surface area contributed by atoms with E-state index < -0.39 is 0 Å². The Morgan fingerprint density at radius 3 is 2.78 bits per heavy atom. The summed E-state index contributed by atoms with van der Waals surface area (Å²) >= 11 is 0. The fourth-order valence-corrected chi connectivity index (χ4v) is 2.66. The first kappa shape index (κ1) is 15.1. The molecule has 0 unspecified atom stereocenters. The Kier molecular flexibility index (Phi) is 4.02. The number of ether oxygens (including phenoxy) is 1. The van der Waals surface area contributed by atoms with Gasteiger partial charge in [0.2, 0.25) is 0 Å². The van der Waals surface area contributed by atoms with Crippen molar-refractivity contribution >= 4 is 23.6 Å². The topological polar surface area (TPSA) is 59.8 Å². The minimum atomic E-state index is -0.370. The normalized spacial score (nSPS) is 13.4. The number of fused-ring (bicyclic) bond motifs is 1. The minimum absolute atomic E-state index is 0.108. The maximum atomic E-state index is 12.4. The third-order valence-corrected chi connectivity index (χ3v) is 3.81. The summed E-state index contributed by atoms with van der Waals surface area (Å²) in [4.78, 5) is 25.6. The number of aryl methyl sites for hydroxylation is 1. The number of hydrogen-bond donors (Lipinski definition) is 0. The number of anilines is 1. The lowest BCUT2D eigenvalue weighted by Crippen LogP contribution is -2.26. The van der Waals surface area contributed by atoms with Gasteiger partial charge in [-0.15, -0.1) is 0 Å². The van der Waals surface area contributed by atoms with E-state index in [-0.39, 0.29) is 11.9 Å². The van der Waals surface area contributed by atoms with E-state index in [4.69, 9.17) is 9.15 Å². The Labute approximate surface area is 134 Å². The second-order valence-corrected chi connectivity index (χ2v) is 5.36. The van der Waals surface area contributed by atoms with Crippen molar-refractivity contribution in [3.8, 4) is 0 Å². The number of nitrogens with zero attached hydrogens (tertiary/aromatic N) is 1. The number of rotatable bonds is 3. The third-order valence-electron chi connectivity index (χ3n) is 3.81. The molecule has 0 fully saturated rings. The molecular formula is C18H17NO4. The van der Waals surface area contributed by atoms with Crippen molar-refractivity contribution < 1.29 is 18.7 Å². The monoisotopic (exact) mass is 311 g/mol. The largest absolute Gasteiger partial charge is 0.465 e. The predicted octanol–water partition coefficient (Wildman–Crippen LogP) is 2.98. The Bertz CT molecular complexity index is 788. The first-order valence-electron chi connectivity index (χ1n) is 7.36. The molecule has 3 rings (SSSR count). The van der Waals surface area contributed by atoms with Gasteiger partial charge in [0.1, 0.15) is 11.5 Å². The lowest BCUT2D eigenvalue weighted by molar-refractivity contribution is -0.114. The zero-order chi connectivity index (χ0) is 16.4. The zero-order valence-electron chi connectivity index (χ0n) is 13.0. The number of hydrogen-bond acceptors (Lipinski definition) is 4. The molecule has 2 heterocycles. The van der Waals surface area contributed by atoms with Gasteiger partial charge < -0.3 is 14.1 Å². The van der Waals surface area contributed by atoms with Gasteiger partial charge in [-0.1, -0.05) is 0 Å². The van der Waals surface area contributed by atoms with Crippen molar-refractivity contribution in [2.75, 3.05) is 18.6 Å². The molecule has 2 aromatic rings. The van der Waals surface area contributed by atoms with Crippen LogP contribution in [0.15, 0.2) is 40.8 Å². The number of benzene rings is 1. The molecule has 5 heteroatoms. The van der Waals surface area contributed by atoms with Crippen LogP contribution in [0.25, 0.3) is 6.08 Å². The SMILES string of the molecule is COC(=O)c1ccc2c(c1)CCN2C(=O)/C=C/c1ccc(C)o1. The van der Waals surface area contributed by atoms with Crippen LogP contribution >= 0.6 is 0 Å². The Morgan fingerprint density at radius 1 is 1.26 bits per heavy atom. The van der Waals surface area contributed by atoms with Crippen LogP contribution in [0.3, 0.4) is 0 Å². The molecule has 1 aliphatic rings. The number of carbonyl (C=O) groups excluding carboxylic acids is 2. The lowest BCUT2D eigenvalue weighted by atomic mass is 10.1. The molecule has 0 radical (unpaired) electrons. The van der Waals surface area contributed by atoms with Crippen molar-refractivity contribution in [2.24, 2.45) is 0 Å². The molecule has 0 saturated carbocycles. The Balaban J connectivity index is 1.78. The van der Waals surface area contributed by atoms with Crippen LogP contribution in [-0.2, 0) is 16.0 Å². The summed E-state index contributed by atoms with van der Waals surface area (Å²) in [7, 11) is 1.35. The molecule has 118 valence electrons. The fraction of sp³-hybridized carbons (Fsp3) is 0.222. The molecule has 0 N–H and O–H groups in total. The summed E-state index contributed by atoms with van der Waals surface area (Å²) in [6.07, 6.45) is 3.89. The van der Waals surface area contributed by atoms with Gasteiger partial charge in [-0.25, -0.2) is 4.79 Å². The van der Waals surface area contributed by atoms with E-state index in [1.165, 1.54) is 13.2 Å². The standard InChI is InChI=1S/C18H17NO4/c1-12-3-5-15(23-12)6-8-17(20)19-10-9-13-11-14(18(21)22-2)4-7-16(13)19/h3-8,11H,9-10H2,1-2H3/b8-6+. The summed E-state index contributed by atoms with van der Waals surface area (Å²) in [5.41, 5.74) is 2.31. The predicted molar refractivity (Wildman–Crippen MR) is 86.3 cm³/mol. The van der Waals surface area contributed by atoms with Gasteiger partial charge in [-0.05, 0) is 55.3 Å². The van der Waals surface area contributed by atoms with E-state index in [0.29, 0.717) is 17.9 Å². The molecule has 0 atom stereocenters. The molecule has 1 aromatic carbocycles. The summed E-state index contributed by atoms with van der Waals surface area (Å²) in [6, 6.07) is 8.92. The van der Waals surface area contributed by atoms with Gasteiger partial charge in [-0.3, -0.25) is 4.79 Å². The van der Waals surface area contributed by atoms with Crippen molar-refractivity contribution in [1.82, 2.24) is 0 Å². The number of furan rings is 1. The summed E-state index contributed by atoms with van der Waals surface area (Å²) in [5.74, 6) is 0.976. The van der Waals surface area contributed by atoms with Crippen molar-refractivity contribution in [3.05, 3.63) is 59.1 Å². The lowest BCUT2D eigenvalue weighted by Gasteiger charge is -2.15. The zero-order valence-corrected chi connectivity index (χ0v) is 13.0. The second kappa shape index (κ2) is 6.12. The van der Waals surface area contributed by atoms with E-state index in [1.54, 1.807) is 29.2 Å². The Morgan fingerprint density at radius 2 is 2.09 bits per heavy atom. The van der Waals surface area contributed by atoms with Crippen LogP contribution < -0.4 is 4.90 Å². The molecule has 0 spiro atoms. The van der Waals surface area contributed by atoms with Crippen LogP contribution in [-0.4, -0.2) is 25.5 Å². The van der Waals surface area contributed by atoms with Gasteiger partial charge in [0.15, 0.2) is 0 Å². The molecule has 0 saturated heterocycles. The van der Waals surface area contributed by atoms with E-state index in [2.05, 4.69) is 0 Å². The highest BCUT2D eigenvalue weighted by molar-refractivity contribution is 6.05. The fourth-order valence-electron chi connectivity index (χ4n) is 2.66. The van der Waals surface area contributed by atoms with Gasteiger partial charge in [-0.2, -0.15) is 0 Å². The number of amides is 1. The van der Waals surface area contributed by atoms with Gasteiger partial charge in [0.25, 0.3) is 5.91 Å². The van der Waals surface area contributed by atoms with Gasteiger partial charge in [0.05, 0.1) is 12.7 Å². The van der Waals surface area contributed by atoms with Gasteiger partial charge >= 0.3 is 5.97 Å². The highest BCUT2D eigenvalue weighted by Crippen LogP contribution is 2.29. The Hall–Kier alpha value is -2.82. The van der Waals surface area contributed by atoms with Crippen molar-refractivity contribution in [3.63, 3.8) is 0 Å². The van der Waals surface area contributed by atoms with E-state index in [0.717, 1.165) is 23.4 Å². The summed E-state index contributed by atoms with van der Waals surface area (Å²) < 4.78 is 10.1. The highest BCUT2D eigenvalue weighted by atomic mass is 16.5. The molecule has 23 heavy (non-hydrogen) atoms. The first-order chi connectivity index (χ1) is 11.1. The summed E-state index contributed by atoms with van der Waals surface area (Å²) in [5, 5.41) is 0. The quantitative estimate of drug-likeness (QED) is 0.646. The number of esters is 1. The third kappa shape index (κ3) is 3.04. The molecule has 1 aliphatic heterocycles.